The van der Waals surface area contributed by atoms with Gasteiger partial charge in [-0.3, -0.25) is 4.79 Å². The Morgan fingerprint density at radius 3 is 2.86 bits per heavy atom. The molecule has 1 fully saturated rings. The number of imidazole rings is 1. The zero-order valence-electron chi connectivity index (χ0n) is 11.5. The fourth-order valence-corrected chi connectivity index (χ4v) is 3.16. The molecule has 1 aromatic heterocycles. The number of nitrogens with two attached hydrogens (primary N) is 1. The van der Waals surface area contributed by atoms with Crippen LogP contribution in [-0.2, 0) is 14.6 Å². The van der Waals surface area contributed by atoms with Crippen LogP contribution in [0.15, 0.2) is 23.4 Å². The van der Waals surface area contributed by atoms with E-state index in [2.05, 4.69) is 15.3 Å². The summed E-state index contributed by atoms with van der Waals surface area (Å²) < 4.78 is 24.9. The summed E-state index contributed by atoms with van der Waals surface area (Å²) >= 11 is 0. The summed E-state index contributed by atoms with van der Waals surface area (Å²) in [5.41, 5.74) is 7.19. The number of nitrogens with zero attached hydrogens (tertiary/aromatic N) is 1. The fourth-order valence-electron chi connectivity index (χ4n) is 1.99. The van der Waals surface area contributed by atoms with Crippen LogP contribution in [0.4, 0.5) is 5.69 Å². The summed E-state index contributed by atoms with van der Waals surface area (Å²) in [6, 6.07) is 5.00. The maximum atomic E-state index is 12.4. The molecule has 2 aromatic rings. The first-order valence-electron chi connectivity index (χ1n) is 6.67. The molecule has 3 rings (SSSR count). The molecule has 1 aliphatic rings. The number of carbonyl (C=O) groups excluding carboxylic acids is 1. The van der Waals surface area contributed by atoms with Gasteiger partial charge in [0, 0.05) is 11.7 Å². The predicted molar refractivity (Wildman–Crippen MR) is 78.3 cm³/mol. The number of hydrogen-bond donors (Lipinski definition) is 3. The average molecular weight is 308 g/mol. The molecule has 0 bridgehead atoms. The second-order valence-corrected chi connectivity index (χ2v) is 7.47. The van der Waals surface area contributed by atoms with E-state index >= 15 is 0 Å². The molecule has 0 aliphatic heterocycles. The highest BCUT2D eigenvalue weighted by molar-refractivity contribution is 7.92. The van der Waals surface area contributed by atoms with Crippen molar-refractivity contribution in [3.8, 4) is 0 Å². The molecule has 0 radical (unpaired) electrons. The van der Waals surface area contributed by atoms with Gasteiger partial charge in [-0.1, -0.05) is 0 Å². The Morgan fingerprint density at radius 2 is 2.19 bits per heavy atom. The molecule has 8 heteroatoms. The lowest BCUT2D eigenvalue weighted by atomic mass is 10.3. The molecule has 1 atom stereocenters. The Balaban J connectivity index is 1.92. The summed E-state index contributed by atoms with van der Waals surface area (Å²) in [5, 5.41) is 1.30. The Hall–Kier alpha value is -2.09. The number of aromatic nitrogens is 2. The van der Waals surface area contributed by atoms with Crippen molar-refractivity contribution in [3.05, 3.63) is 18.2 Å². The smallest absolute Gasteiger partial charge is 0.238 e. The number of aromatic amines is 1. The van der Waals surface area contributed by atoms with Crippen LogP contribution in [0.2, 0.25) is 0 Å². The summed E-state index contributed by atoms with van der Waals surface area (Å²) in [6.07, 6.45) is 1.81. The molecule has 1 aliphatic carbocycles. The second-order valence-electron chi connectivity index (χ2n) is 5.29. The number of nitrogens with one attached hydrogen (secondary N) is 2. The van der Waals surface area contributed by atoms with Crippen LogP contribution in [0.3, 0.4) is 0 Å². The topological polar surface area (TPSA) is 118 Å². The van der Waals surface area contributed by atoms with Crippen molar-refractivity contribution >= 4 is 32.5 Å². The molecule has 7 nitrogen and oxygen atoms in total. The van der Waals surface area contributed by atoms with Crippen molar-refractivity contribution in [2.24, 2.45) is 0 Å². The van der Waals surface area contributed by atoms with E-state index in [1.165, 1.54) is 6.92 Å². The zero-order chi connectivity index (χ0) is 15.2. The average Bonchev–Trinajstić information content (AvgIpc) is 3.13. The van der Waals surface area contributed by atoms with Crippen molar-refractivity contribution in [1.29, 1.82) is 0 Å². The lowest BCUT2D eigenvalue weighted by Crippen LogP contribution is -2.39. The largest absolute Gasteiger partial charge is 0.399 e. The third kappa shape index (κ3) is 2.58. The van der Waals surface area contributed by atoms with Gasteiger partial charge in [0.1, 0.15) is 5.25 Å². The van der Waals surface area contributed by atoms with Gasteiger partial charge in [0.25, 0.3) is 0 Å². The number of carbonyl (C=O) groups is 1. The van der Waals surface area contributed by atoms with E-state index in [0.717, 1.165) is 12.8 Å². The van der Waals surface area contributed by atoms with Crippen molar-refractivity contribution in [2.75, 3.05) is 5.73 Å². The zero-order valence-corrected chi connectivity index (χ0v) is 12.3. The van der Waals surface area contributed by atoms with Gasteiger partial charge in [-0.25, -0.2) is 13.4 Å². The van der Waals surface area contributed by atoms with Crippen LogP contribution in [-0.4, -0.2) is 35.6 Å². The number of benzene rings is 1. The number of rotatable bonds is 4. The summed E-state index contributed by atoms with van der Waals surface area (Å²) in [7, 11) is -3.85. The molecule has 21 heavy (non-hydrogen) atoms. The maximum absolute atomic E-state index is 12.4. The molecular weight excluding hydrogens is 292 g/mol. The van der Waals surface area contributed by atoms with E-state index in [9.17, 15) is 13.2 Å². The molecule has 1 unspecified atom stereocenters. The van der Waals surface area contributed by atoms with E-state index in [0.29, 0.717) is 16.7 Å². The maximum Gasteiger partial charge on any atom is 0.238 e. The Morgan fingerprint density at radius 1 is 1.48 bits per heavy atom. The minimum Gasteiger partial charge on any atom is -0.399 e. The van der Waals surface area contributed by atoms with E-state index in [-0.39, 0.29) is 11.2 Å². The van der Waals surface area contributed by atoms with Crippen molar-refractivity contribution in [1.82, 2.24) is 15.3 Å². The van der Waals surface area contributed by atoms with E-state index in [1.807, 2.05) is 0 Å². The van der Waals surface area contributed by atoms with Crippen LogP contribution >= 0.6 is 0 Å². The highest BCUT2D eigenvalue weighted by Crippen LogP contribution is 2.22. The summed E-state index contributed by atoms with van der Waals surface area (Å²) in [5.74, 6) is -0.488. The van der Waals surface area contributed by atoms with E-state index < -0.39 is 21.0 Å². The van der Waals surface area contributed by atoms with Crippen molar-refractivity contribution in [3.63, 3.8) is 0 Å². The molecular formula is C13H16N4O3S. The van der Waals surface area contributed by atoms with Crippen molar-refractivity contribution in [2.45, 2.75) is 36.2 Å². The summed E-state index contributed by atoms with van der Waals surface area (Å²) in [6.45, 7) is 1.37. The number of hydrogen-bond acceptors (Lipinski definition) is 5. The SMILES string of the molecule is CC(C(=O)NC1CC1)S(=O)(=O)c1nc2ccc(N)cc2[nH]1. The Bertz CT molecular complexity index is 808. The van der Waals surface area contributed by atoms with Crippen LogP contribution in [0.1, 0.15) is 19.8 Å². The van der Waals surface area contributed by atoms with Gasteiger partial charge in [-0.2, -0.15) is 0 Å². The molecule has 1 aromatic carbocycles. The van der Waals surface area contributed by atoms with Crippen LogP contribution in [0.25, 0.3) is 11.0 Å². The fraction of sp³-hybridized carbons (Fsp3) is 0.385. The number of nitrogen functional groups attached to an aromatic ring is 1. The molecule has 0 saturated heterocycles. The van der Waals surface area contributed by atoms with Gasteiger partial charge in [-0.15, -0.1) is 0 Å². The minimum absolute atomic E-state index is 0.116. The second kappa shape index (κ2) is 4.73. The number of anilines is 1. The molecule has 1 amide bonds. The number of sulfone groups is 1. The highest BCUT2D eigenvalue weighted by atomic mass is 32.2. The van der Waals surface area contributed by atoms with Crippen LogP contribution in [0.5, 0.6) is 0 Å². The normalized spacial score (nSPS) is 16.8. The monoisotopic (exact) mass is 308 g/mol. The van der Waals surface area contributed by atoms with Gasteiger partial charge < -0.3 is 16.0 Å². The highest BCUT2D eigenvalue weighted by Gasteiger charge is 2.35. The molecule has 112 valence electrons. The lowest BCUT2D eigenvalue weighted by Gasteiger charge is -2.10. The number of fused-ring (bicyclic) bond motifs is 1. The van der Waals surface area contributed by atoms with Crippen LogP contribution < -0.4 is 11.1 Å². The minimum atomic E-state index is -3.85. The first-order valence-corrected chi connectivity index (χ1v) is 8.22. The Kier molecular flexibility index (Phi) is 3.12. The first-order chi connectivity index (χ1) is 9.88. The first kappa shape index (κ1) is 13.9. The molecule has 4 N–H and O–H groups in total. The van der Waals surface area contributed by atoms with Gasteiger partial charge in [-0.05, 0) is 38.0 Å². The van der Waals surface area contributed by atoms with E-state index in [4.69, 9.17) is 5.73 Å². The van der Waals surface area contributed by atoms with E-state index in [1.54, 1.807) is 18.2 Å². The summed E-state index contributed by atoms with van der Waals surface area (Å²) in [4.78, 5) is 18.7. The van der Waals surface area contributed by atoms with Gasteiger partial charge in [0.15, 0.2) is 0 Å². The van der Waals surface area contributed by atoms with Gasteiger partial charge in [0.2, 0.25) is 20.9 Å². The molecule has 1 saturated carbocycles. The predicted octanol–water partition coefficient (Wildman–Crippen LogP) is 0.586. The number of amides is 1. The lowest BCUT2D eigenvalue weighted by molar-refractivity contribution is -0.120. The number of H-pyrrole nitrogens is 1. The standard InChI is InChI=1S/C13H16N4O3S/c1-7(12(18)15-9-3-4-9)21(19,20)13-16-10-5-2-8(14)6-11(10)17-13/h2,5-7,9H,3-4,14H2,1H3,(H,15,18)(H,16,17). The molecule has 1 heterocycles. The third-order valence-corrected chi connectivity index (χ3v) is 5.39. The Labute approximate surface area is 121 Å². The molecule has 0 spiro atoms. The third-order valence-electron chi connectivity index (χ3n) is 3.51. The van der Waals surface area contributed by atoms with Gasteiger partial charge >= 0.3 is 0 Å². The quantitative estimate of drug-likeness (QED) is 0.714. The van der Waals surface area contributed by atoms with Crippen LogP contribution in [0, 0.1) is 0 Å². The van der Waals surface area contributed by atoms with Crippen molar-refractivity contribution < 1.29 is 13.2 Å². The van der Waals surface area contributed by atoms with Gasteiger partial charge in [0.05, 0.1) is 11.0 Å².